The highest BCUT2D eigenvalue weighted by Gasteiger charge is 2.06. The van der Waals surface area contributed by atoms with Crippen LogP contribution in [0.3, 0.4) is 0 Å². The van der Waals surface area contributed by atoms with E-state index in [9.17, 15) is 0 Å². The first-order valence-corrected chi connectivity index (χ1v) is 6.14. The van der Waals surface area contributed by atoms with Gasteiger partial charge in [-0.05, 0) is 25.5 Å². The van der Waals surface area contributed by atoms with Gasteiger partial charge in [-0.15, -0.1) is 11.3 Å². The summed E-state index contributed by atoms with van der Waals surface area (Å²) in [5.41, 5.74) is 1.69. The minimum absolute atomic E-state index is 0.589. The molecule has 0 aliphatic heterocycles. The minimum atomic E-state index is 0.589. The molecule has 0 radical (unpaired) electrons. The van der Waals surface area contributed by atoms with Gasteiger partial charge in [0.1, 0.15) is 5.82 Å². The van der Waals surface area contributed by atoms with Gasteiger partial charge in [0.2, 0.25) is 0 Å². The molecule has 86 valence electrons. The summed E-state index contributed by atoms with van der Waals surface area (Å²) in [7, 11) is 0. The van der Waals surface area contributed by atoms with Gasteiger partial charge in [-0.3, -0.25) is 0 Å². The molecule has 0 saturated heterocycles. The number of thiazole rings is 1. The van der Waals surface area contributed by atoms with Crippen molar-refractivity contribution in [2.75, 3.05) is 5.32 Å². The molecule has 0 spiro atoms. The molecule has 0 aliphatic carbocycles. The quantitative estimate of drug-likeness (QED) is 0.901. The lowest BCUT2D eigenvalue weighted by molar-refractivity contribution is 1.04. The molecule has 2 aromatic rings. The van der Waals surface area contributed by atoms with Crippen LogP contribution in [0.4, 0.5) is 10.9 Å². The first-order valence-electron chi connectivity index (χ1n) is 5.32. The summed E-state index contributed by atoms with van der Waals surface area (Å²) in [6.07, 6.45) is 2.54. The second-order valence-corrected chi connectivity index (χ2v) is 4.75. The molecule has 2 rings (SSSR count). The Morgan fingerprint density at radius 1 is 1.53 bits per heavy atom. The second kappa shape index (κ2) is 4.93. The number of anilines is 2. The van der Waals surface area contributed by atoms with E-state index in [1.807, 2.05) is 0 Å². The number of nitrogens with one attached hydrogen (secondary N) is 1. The topological polar surface area (TPSA) is 61.6 Å². The standard InChI is InChI=1S/C12H12N4S/c1-3-10-8(2)17-12(15-10)16-11-6-9(7-13)4-5-14-11/h4-6H,3H2,1-2H3,(H,14,15,16). The van der Waals surface area contributed by atoms with Gasteiger partial charge in [0.05, 0.1) is 17.3 Å². The van der Waals surface area contributed by atoms with Crippen LogP contribution in [-0.4, -0.2) is 9.97 Å². The van der Waals surface area contributed by atoms with Crippen molar-refractivity contribution in [1.82, 2.24) is 9.97 Å². The molecule has 0 unspecified atom stereocenters. The number of hydrogen-bond donors (Lipinski definition) is 1. The van der Waals surface area contributed by atoms with E-state index in [-0.39, 0.29) is 0 Å². The van der Waals surface area contributed by atoms with E-state index in [0.717, 1.165) is 17.2 Å². The molecule has 2 aromatic heterocycles. The highest BCUT2D eigenvalue weighted by Crippen LogP contribution is 2.24. The van der Waals surface area contributed by atoms with Crippen molar-refractivity contribution in [1.29, 1.82) is 5.26 Å². The average Bonchev–Trinajstić information content (AvgIpc) is 2.69. The number of aromatic nitrogens is 2. The summed E-state index contributed by atoms with van der Waals surface area (Å²) in [5, 5.41) is 12.7. The third-order valence-electron chi connectivity index (χ3n) is 2.35. The smallest absolute Gasteiger partial charge is 0.188 e. The number of pyridine rings is 1. The molecule has 0 saturated carbocycles. The third kappa shape index (κ3) is 2.60. The Bertz CT molecular complexity index is 568. The molecule has 0 fully saturated rings. The van der Waals surface area contributed by atoms with Crippen molar-refractivity contribution in [3.8, 4) is 6.07 Å². The second-order valence-electron chi connectivity index (χ2n) is 3.54. The fraction of sp³-hybridized carbons (Fsp3) is 0.250. The molecule has 17 heavy (non-hydrogen) atoms. The van der Waals surface area contributed by atoms with Crippen LogP contribution < -0.4 is 5.32 Å². The van der Waals surface area contributed by atoms with E-state index in [0.29, 0.717) is 11.4 Å². The van der Waals surface area contributed by atoms with Gasteiger partial charge in [0, 0.05) is 11.1 Å². The lowest BCUT2D eigenvalue weighted by atomic mass is 10.3. The largest absolute Gasteiger partial charge is 0.316 e. The zero-order valence-corrected chi connectivity index (χ0v) is 10.5. The summed E-state index contributed by atoms with van der Waals surface area (Å²) < 4.78 is 0. The van der Waals surface area contributed by atoms with E-state index in [2.05, 4.69) is 35.2 Å². The highest BCUT2D eigenvalue weighted by molar-refractivity contribution is 7.15. The Morgan fingerprint density at radius 3 is 3.00 bits per heavy atom. The first kappa shape index (κ1) is 11.6. The van der Waals surface area contributed by atoms with Gasteiger partial charge in [-0.1, -0.05) is 6.92 Å². The molecule has 4 nitrogen and oxygen atoms in total. The monoisotopic (exact) mass is 244 g/mol. The van der Waals surface area contributed by atoms with Crippen LogP contribution in [0.5, 0.6) is 0 Å². The van der Waals surface area contributed by atoms with Gasteiger partial charge in [-0.2, -0.15) is 5.26 Å². The van der Waals surface area contributed by atoms with E-state index < -0.39 is 0 Å². The number of rotatable bonds is 3. The third-order valence-corrected chi connectivity index (χ3v) is 3.28. The summed E-state index contributed by atoms with van der Waals surface area (Å²) in [4.78, 5) is 9.83. The Balaban J connectivity index is 2.22. The van der Waals surface area contributed by atoms with E-state index >= 15 is 0 Å². The Labute approximate surface area is 104 Å². The van der Waals surface area contributed by atoms with E-state index in [1.165, 1.54) is 4.88 Å². The molecule has 2 heterocycles. The molecule has 5 heteroatoms. The molecule has 0 amide bonds. The summed E-state index contributed by atoms with van der Waals surface area (Å²) >= 11 is 1.60. The van der Waals surface area contributed by atoms with Crippen LogP contribution in [0.2, 0.25) is 0 Å². The molecule has 0 atom stereocenters. The molecular formula is C12H12N4S. The first-order chi connectivity index (χ1) is 8.22. The molecule has 0 bridgehead atoms. The van der Waals surface area contributed by atoms with Crippen LogP contribution in [-0.2, 0) is 6.42 Å². The lowest BCUT2D eigenvalue weighted by Crippen LogP contribution is -1.93. The molecule has 1 N–H and O–H groups in total. The van der Waals surface area contributed by atoms with Crippen LogP contribution in [0.1, 0.15) is 23.1 Å². The maximum absolute atomic E-state index is 8.80. The van der Waals surface area contributed by atoms with Gasteiger partial charge in [0.25, 0.3) is 0 Å². The van der Waals surface area contributed by atoms with E-state index in [4.69, 9.17) is 5.26 Å². The maximum atomic E-state index is 8.80. The minimum Gasteiger partial charge on any atom is -0.316 e. The van der Waals surface area contributed by atoms with Crippen molar-refractivity contribution in [2.24, 2.45) is 0 Å². The van der Waals surface area contributed by atoms with Crippen molar-refractivity contribution >= 4 is 22.3 Å². The Hall–Kier alpha value is -1.93. The lowest BCUT2D eigenvalue weighted by Gasteiger charge is -2.00. The van der Waals surface area contributed by atoms with Crippen LogP contribution in [0, 0.1) is 18.3 Å². The predicted molar refractivity (Wildman–Crippen MR) is 68.5 cm³/mol. The van der Waals surface area contributed by atoms with Crippen molar-refractivity contribution in [2.45, 2.75) is 20.3 Å². The van der Waals surface area contributed by atoms with Crippen molar-refractivity contribution < 1.29 is 0 Å². The van der Waals surface area contributed by atoms with Crippen molar-refractivity contribution in [3.05, 3.63) is 34.5 Å². The summed E-state index contributed by atoms with van der Waals surface area (Å²) in [6, 6.07) is 5.47. The highest BCUT2D eigenvalue weighted by atomic mass is 32.1. The molecule has 0 aliphatic rings. The maximum Gasteiger partial charge on any atom is 0.188 e. The number of aryl methyl sites for hydroxylation is 2. The van der Waals surface area contributed by atoms with Gasteiger partial charge in [-0.25, -0.2) is 9.97 Å². The van der Waals surface area contributed by atoms with Crippen LogP contribution in [0.15, 0.2) is 18.3 Å². The summed E-state index contributed by atoms with van der Waals surface area (Å²) in [5.74, 6) is 0.653. The number of nitriles is 1. The van der Waals surface area contributed by atoms with Crippen molar-refractivity contribution in [3.63, 3.8) is 0 Å². The van der Waals surface area contributed by atoms with Gasteiger partial charge >= 0.3 is 0 Å². The number of hydrogen-bond acceptors (Lipinski definition) is 5. The van der Waals surface area contributed by atoms with Gasteiger partial charge in [0.15, 0.2) is 5.13 Å². The number of nitrogens with zero attached hydrogens (tertiary/aromatic N) is 3. The predicted octanol–water partition coefficient (Wildman–Crippen LogP) is 3.02. The zero-order valence-electron chi connectivity index (χ0n) is 9.69. The molecule has 0 aromatic carbocycles. The zero-order chi connectivity index (χ0) is 12.3. The Kier molecular flexibility index (Phi) is 3.35. The normalized spacial score (nSPS) is 9.94. The van der Waals surface area contributed by atoms with Crippen LogP contribution >= 0.6 is 11.3 Å². The van der Waals surface area contributed by atoms with Crippen LogP contribution in [0.25, 0.3) is 0 Å². The fourth-order valence-electron chi connectivity index (χ4n) is 1.49. The SMILES string of the molecule is CCc1nc(Nc2cc(C#N)ccn2)sc1C. The molecular weight excluding hydrogens is 232 g/mol. The van der Waals surface area contributed by atoms with Gasteiger partial charge < -0.3 is 5.32 Å². The summed E-state index contributed by atoms with van der Waals surface area (Å²) in [6.45, 7) is 4.14. The Morgan fingerprint density at radius 2 is 2.35 bits per heavy atom. The average molecular weight is 244 g/mol. The van der Waals surface area contributed by atoms with E-state index in [1.54, 1.807) is 29.7 Å². The fourth-order valence-corrected chi connectivity index (χ4v) is 2.40.